The topological polar surface area (TPSA) is 78.4 Å². The van der Waals surface area contributed by atoms with Crippen molar-refractivity contribution in [1.29, 1.82) is 0 Å². The molecule has 2 aromatic rings. The maximum Gasteiger partial charge on any atom is 0.255 e. The standard InChI is InChI=1S/C19H21BrN2O3/c1-2-16(12-23)21-18(24)11-13-3-9-17(10-4-13)22-19(25)14-5-7-15(20)8-6-14/h3-10,16,23H,2,11-12H2,1H3,(H,21,24)(H,22,25). The molecule has 132 valence electrons. The van der Waals surface area contributed by atoms with Gasteiger partial charge in [0.15, 0.2) is 0 Å². The van der Waals surface area contributed by atoms with Crippen molar-refractivity contribution in [3.05, 3.63) is 64.1 Å². The summed E-state index contributed by atoms with van der Waals surface area (Å²) in [6.45, 7) is 1.84. The average Bonchev–Trinajstić information content (AvgIpc) is 2.61. The predicted octanol–water partition coefficient (Wildman–Crippen LogP) is 3.13. The van der Waals surface area contributed by atoms with Gasteiger partial charge in [0.05, 0.1) is 19.1 Å². The highest BCUT2D eigenvalue weighted by Gasteiger charge is 2.10. The molecule has 2 rings (SSSR count). The fourth-order valence-corrected chi connectivity index (χ4v) is 2.52. The molecule has 0 saturated heterocycles. The van der Waals surface area contributed by atoms with Crippen LogP contribution in [0.15, 0.2) is 53.0 Å². The van der Waals surface area contributed by atoms with Gasteiger partial charge >= 0.3 is 0 Å². The van der Waals surface area contributed by atoms with E-state index in [-0.39, 0.29) is 30.9 Å². The van der Waals surface area contributed by atoms with Gasteiger partial charge in [-0.2, -0.15) is 0 Å². The van der Waals surface area contributed by atoms with E-state index < -0.39 is 0 Å². The fraction of sp³-hybridized carbons (Fsp3) is 0.263. The zero-order chi connectivity index (χ0) is 18.2. The summed E-state index contributed by atoms with van der Waals surface area (Å²) in [7, 11) is 0. The highest BCUT2D eigenvalue weighted by Crippen LogP contribution is 2.14. The van der Waals surface area contributed by atoms with Gasteiger partial charge in [0.2, 0.25) is 5.91 Å². The SMILES string of the molecule is CCC(CO)NC(=O)Cc1ccc(NC(=O)c2ccc(Br)cc2)cc1. The third-order valence-corrected chi connectivity index (χ3v) is 4.29. The van der Waals surface area contributed by atoms with Gasteiger partial charge in [-0.3, -0.25) is 9.59 Å². The zero-order valence-electron chi connectivity index (χ0n) is 14.0. The van der Waals surface area contributed by atoms with E-state index in [0.717, 1.165) is 10.0 Å². The molecule has 0 aliphatic rings. The number of nitrogens with one attached hydrogen (secondary N) is 2. The van der Waals surface area contributed by atoms with Crippen molar-refractivity contribution in [3.8, 4) is 0 Å². The summed E-state index contributed by atoms with van der Waals surface area (Å²) in [6.07, 6.45) is 0.917. The van der Waals surface area contributed by atoms with Crippen LogP contribution in [-0.4, -0.2) is 29.6 Å². The average molecular weight is 405 g/mol. The molecule has 0 bridgehead atoms. The van der Waals surface area contributed by atoms with Crippen LogP contribution in [0.2, 0.25) is 0 Å². The Morgan fingerprint density at radius 1 is 1.08 bits per heavy atom. The largest absolute Gasteiger partial charge is 0.394 e. The van der Waals surface area contributed by atoms with E-state index in [1.54, 1.807) is 36.4 Å². The predicted molar refractivity (Wildman–Crippen MR) is 102 cm³/mol. The number of carbonyl (C=O) groups is 2. The van der Waals surface area contributed by atoms with Crippen LogP contribution in [0.4, 0.5) is 5.69 Å². The van der Waals surface area contributed by atoms with E-state index in [2.05, 4.69) is 26.6 Å². The third kappa shape index (κ3) is 5.99. The molecular formula is C19H21BrN2O3. The van der Waals surface area contributed by atoms with Gasteiger partial charge in [0, 0.05) is 15.7 Å². The molecule has 2 amide bonds. The summed E-state index contributed by atoms with van der Waals surface area (Å²) in [5, 5.41) is 14.7. The first kappa shape index (κ1) is 19.1. The quantitative estimate of drug-likeness (QED) is 0.663. The Bertz CT molecular complexity index is 710. The van der Waals surface area contributed by atoms with E-state index in [4.69, 9.17) is 5.11 Å². The molecule has 6 heteroatoms. The first-order chi connectivity index (χ1) is 12.0. The van der Waals surface area contributed by atoms with E-state index in [0.29, 0.717) is 17.7 Å². The maximum absolute atomic E-state index is 12.2. The molecule has 0 radical (unpaired) electrons. The van der Waals surface area contributed by atoms with E-state index in [9.17, 15) is 9.59 Å². The van der Waals surface area contributed by atoms with Gasteiger partial charge in [-0.15, -0.1) is 0 Å². The highest BCUT2D eigenvalue weighted by atomic mass is 79.9. The fourth-order valence-electron chi connectivity index (χ4n) is 2.25. The monoisotopic (exact) mass is 404 g/mol. The number of benzene rings is 2. The van der Waals surface area contributed by atoms with Crippen LogP contribution in [0.1, 0.15) is 29.3 Å². The van der Waals surface area contributed by atoms with Gasteiger partial charge in [-0.25, -0.2) is 0 Å². The molecule has 0 fully saturated rings. The van der Waals surface area contributed by atoms with Crippen LogP contribution in [-0.2, 0) is 11.2 Å². The van der Waals surface area contributed by atoms with E-state index in [1.807, 2.05) is 19.1 Å². The molecular weight excluding hydrogens is 384 g/mol. The summed E-state index contributed by atoms with van der Waals surface area (Å²) in [4.78, 5) is 24.1. The number of rotatable bonds is 7. The normalized spacial score (nSPS) is 11.6. The third-order valence-electron chi connectivity index (χ3n) is 3.76. The smallest absolute Gasteiger partial charge is 0.255 e. The van der Waals surface area contributed by atoms with Crippen LogP contribution in [0, 0.1) is 0 Å². The molecule has 1 atom stereocenters. The first-order valence-electron chi connectivity index (χ1n) is 8.08. The molecule has 0 aliphatic heterocycles. The molecule has 25 heavy (non-hydrogen) atoms. The summed E-state index contributed by atoms with van der Waals surface area (Å²) >= 11 is 3.33. The van der Waals surface area contributed by atoms with Crippen LogP contribution in [0.25, 0.3) is 0 Å². The van der Waals surface area contributed by atoms with Crippen molar-refractivity contribution in [2.45, 2.75) is 25.8 Å². The summed E-state index contributed by atoms with van der Waals surface area (Å²) in [5.41, 5.74) is 2.08. The van der Waals surface area contributed by atoms with Gasteiger partial charge < -0.3 is 15.7 Å². The lowest BCUT2D eigenvalue weighted by Crippen LogP contribution is -2.37. The maximum atomic E-state index is 12.2. The Kier molecular flexibility index (Phi) is 7.16. The summed E-state index contributed by atoms with van der Waals surface area (Å²) in [6, 6.07) is 14.0. The molecule has 3 N–H and O–H groups in total. The van der Waals surface area contributed by atoms with E-state index >= 15 is 0 Å². The van der Waals surface area contributed by atoms with Crippen LogP contribution >= 0.6 is 15.9 Å². The van der Waals surface area contributed by atoms with Crippen molar-refractivity contribution in [2.24, 2.45) is 0 Å². The Balaban J connectivity index is 1.92. The number of aliphatic hydroxyl groups excluding tert-OH is 1. The summed E-state index contributed by atoms with van der Waals surface area (Å²) in [5.74, 6) is -0.320. The van der Waals surface area contributed by atoms with E-state index in [1.165, 1.54) is 0 Å². The second-order valence-corrected chi connectivity index (χ2v) is 6.61. The van der Waals surface area contributed by atoms with Gasteiger partial charge in [-0.05, 0) is 48.4 Å². The molecule has 0 spiro atoms. The van der Waals surface area contributed by atoms with Crippen molar-refractivity contribution < 1.29 is 14.7 Å². The lowest BCUT2D eigenvalue weighted by atomic mass is 10.1. The highest BCUT2D eigenvalue weighted by molar-refractivity contribution is 9.10. The van der Waals surface area contributed by atoms with Gasteiger partial charge in [-0.1, -0.05) is 35.0 Å². The Morgan fingerprint density at radius 3 is 2.28 bits per heavy atom. The number of amides is 2. The second-order valence-electron chi connectivity index (χ2n) is 5.69. The first-order valence-corrected chi connectivity index (χ1v) is 8.87. The summed E-state index contributed by atoms with van der Waals surface area (Å²) < 4.78 is 0.915. The Morgan fingerprint density at radius 2 is 1.72 bits per heavy atom. The van der Waals surface area contributed by atoms with Gasteiger partial charge in [0.25, 0.3) is 5.91 Å². The minimum absolute atomic E-state index is 0.0662. The Labute approximate surface area is 155 Å². The molecule has 2 aromatic carbocycles. The number of hydrogen-bond donors (Lipinski definition) is 3. The van der Waals surface area contributed by atoms with Crippen molar-refractivity contribution in [1.82, 2.24) is 5.32 Å². The number of aliphatic hydroxyl groups is 1. The Hall–Kier alpha value is -2.18. The molecule has 0 aromatic heterocycles. The van der Waals surface area contributed by atoms with Crippen molar-refractivity contribution >= 4 is 33.4 Å². The second kappa shape index (κ2) is 9.34. The minimum Gasteiger partial charge on any atom is -0.394 e. The zero-order valence-corrected chi connectivity index (χ0v) is 15.5. The molecule has 1 unspecified atom stereocenters. The lowest BCUT2D eigenvalue weighted by molar-refractivity contribution is -0.121. The number of anilines is 1. The molecule has 5 nitrogen and oxygen atoms in total. The van der Waals surface area contributed by atoms with Crippen LogP contribution < -0.4 is 10.6 Å². The van der Waals surface area contributed by atoms with Crippen LogP contribution in [0.3, 0.4) is 0 Å². The number of halogens is 1. The van der Waals surface area contributed by atoms with Gasteiger partial charge in [0.1, 0.15) is 0 Å². The van der Waals surface area contributed by atoms with Crippen molar-refractivity contribution in [3.63, 3.8) is 0 Å². The lowest BCUT2D eigenvalue weighted by Gasteiger charge is -2.14. The number of carbonyl (C=O) groups excluding carboxylic acids is 2. The molecule has 0 saturated carbocycles. The van der Waals surface area contributed by atoms with Crippen molar-refractivity contribution in [2.75, 3.05) is 11.9 Å². The molecule has 0 heterocycles. The minimum atomic E-state index is -0.211. The van der Waals surface area contributed by atoms with Crippen LogP contribution in [0.5, 0.6) is 0 Å². The number of hydrogen-bond acceptors (Lipinski definition) is 3. The molecule has 0 aliphatic carbocycles.